The van der Waals surface area contributed by atoms with Crippen LogP contribution in [0.2, 0.25) is 5.02 Å². The number of fused-ring (bicyclic) bond motifs is 3. The monoisotopic (exact) mass is 461 g/mol. The Balaban J connectivity index is 1.74. The molecule has 0 bridgehead atoms. The lowest BCUT2D eigenvalue weighted by molar-refractivity contribution is 0.393. The van der Waals surface area contributed by atoms with Crippen LogP contribution in [0.3, 0.4) is 0 Å². The Labute approximate surface area is 194 Å². The van der Waals surface area contributed by atoms with Gasteiger partial charge in [0.15, 0.2) is 11.2 Å². The summed E-state index contributed by atoms with van der Waals surface area (Å²) in [7, 11) is 3.12. The van der Waals surface area contributed by atoms with Crippen LogP contribution < -0.4 is 15.0 Å². The second kappa shape index (κ2) is 8.22. The van der Waals surface area contributed by atoms with Crippen LogP contribution in [0.15, 0.2) is 59.5 Å². The second-order valence-corrected chi connectivity index (χ2v) is 7.82. The molecule has 0 aliphatic rings. The standard InChI is InChI=1S/C24H20ClN5O3/c1-4-17-21(14-5-7-15(25)8-6-14)23-27-26-22-19(30(23)28-17)11-12-29(24(22)31)18-10-9-16(32-2)13-20(18)33-3/h5-13H,4H2,1-3H3. The fourth-order valence-corrected chi connectivity index (χ4v) is 4.05. The third-order valence-corrected chi connectivity index (χ3v) is 5.82. The molecule has 3 aromatic heterocycles. The Bertz CT molecular complexity index is 1560. The van der Waals surface area contributed by atoms with E-state index in [1.54, 1.807) is 49.2 Å². The average Bonchev–Trinajstić information content (AvgIpc) is 3.23. The van der Waals surface area contributed by atoms with Crippen LogP contribution >= 0.6 is 11.6 Å². The molecule has 0 aliphatic carbocycles. The summed E-state index contributed by atoms with van der Waals surface area (Å²) < 4.78 is 13.9. The molecular formula is C24H20ClN5O3. The molecule has 0 saturated carbocycles. The lowest BCUT2D eigenvalue weighted by atomic mass is 10.0. The van der Waals surface area contributed by atoms with E-state index in [2.05, 4.69) is 10.2 Å². The van der Waals surface area contributed by atoms with Crippen molar-refractivity contribution in [1.82, 2.24) is 24.4 Å². The minimum atomic E-state index is -0.327. The summed E-state index contributed by atoms with van der Waals surface area (Å²) in [5.74, 6) is 1.13. The van der Waals surface area contributed by atoms with Gasteiger partial charge in [-0.15, -0.1) is 10.2 Å². The van der Waals surface area contributed by atoms with Crippen molar-refractivity contribution in [2.45, 2.75) is 13.3 Å². The molecule has 0 fully saturated rings. The molecule has 33 heavy (non-hydrogen) atoms. The number of hydrogen-bond acceptors (Lipinski definition) is 6. The van der Waals surface area contributed by atoms with Gasteiger partial charge in [-0.2, -0.15) is 5.10 Å². The number of nitrogens with zero attached hydrogens (tertiary/aromatic N) is 5. The van der Waals surface area contributed by atoms with Gasteiger partial charge in [0.25, 0.3) is 5.56 Å². The molecule has 0 aliphatic heterocycles. The van der Waals surface area contributed by atoms with Crippen molar-refractivity contribution in [3.05, 3.63) is 75.8 Å². The van der Waals surface area contributed by atoms with Gasteiger partial charge in [-0.1, -0.05) is 30.7 Å². The summed E-state index contributed by atoms with van der Waals surface area (Å²) in [5.41, 5.74) is 4.29. The van der Waals surface area contributed by atoms with Crippen LogP contribution in [0.25, 0.3) is 33.5 Å². The molecule has 0 unspecified atom stereocenters. The summed E-state index contributed by atoms with van der Waals surface area (Å²) in [6.07, 6.45) is 2.38. The first-order valence-electron chi connectivity index (χ1n) is 10.3. The van der Waals surface area contributed by atoms with E-state index in [4.69, 9.17) is 26.2 Å². The van der Waals surface area contributed by atoms with E-state index < -0.39 is 0 Å². The van der Waals surface area contributed by atoms with Gasteiger partial charge in [0.2, 0.25) is 0 Å². The van der Waals surface area contributed by atoms with Crippen LogP contribution in [-0.2, 0) is 6.42 Å². The molecule has 8 nitrogen and oxygen atoms in total. The fraction of sp³-hybridized carbons (Fsp3) is 0.167. The van der Waals surface area contributed by atoms with Gasteiger partial charge in [-0.25, -0.2) is 4.52 Å². The highest BCUT2D eigenvalue weighted by molar-refractivity contribution is 6.30. The Hall–Kier alpha value is -3.91. The minimum Gasteiger partial charge on any atom is -0.497 e. The Kier molecular flexibility index (Phi) is 5.22. The Morgan fingerprint density at radius 1 is 1.00 bits per heavy atom. The number of ether oxygens (including phenoxy) is 2. The summed E-state index contributed by atoms with van der Waals surface area (Å²) in [5, 5.41) is 14.1. The number of aryl methyl sites for hydroxylation is 1. The maximum atomic E-state index is 13.4. The van der Waals surface area contributed by atoms with Crippen LogP contribution in [0.1, 0.15) is 12.6 Å². The zero-order valence-electron chi connectivity index (χ0n) is 18.2. The van der Waals surface area contributed by atoms with E-state index in [1.165, 1.54) is 4.57 Å². The van der Waals surface area contributed by atoms with Crippen LogP contribution in [-0.4, -0.2) is 38.6 Å². The van der Waals surface area contributed by atoms with E-state index in [9.17, 15) is 4.79 Å². The molecule has 0 amide bonds. The fourth-order valence-electron chi connectivity index (χ4n) is 3.92. The van der Waals surface area contributed by atoms with Gasteiger partial charge in [0, 0.05) is 17.3 Å². The number of pyridine rings is 1. The van der Waals surface area contributed by atoms with Crippen molar-refractivity contribution in [2.24, 2.45) is 0 Å². The zero-order chi connectivity index (χ0) is 23.1. The lowest BCUT2D eigenvalue weighted by Crippen LogP contribution is -2.20. The topological polar surface area (TPSA) is 83.5 Å². The van der Waals surface area contributed by atoms with E-state index in [0.29, 0.717) is 39.8 Å². The molecule has 166 valence electrons. The molecule has 0 saturated heterocycles. The molecule has 5 aromatic rings. The lowest BCUT2D eigenvalue weighted by Gasteiger charge is -2.13. The molecule has 2 aromatic carbocycles. The molecular weight excluding hydrogens is 442 g/mol. The van der Waals surface area contributed by atoms with Crippen molar-refractivity contribution in [1.29, 1.82) is 0 Å². The van der Waals surface area contributed by atoms with Gasteiger partial charge >= 0.3 is 0 Å². The first-order chi connectivity index (χ1) is 16.0. The molecule has 0 spiro atoms. The highest BCUT2D eigenvalue weighted by Crippen LogP contribution is 2.31. The minimum absolute atomic E-state index is 0.204. The van der Waals surface area contributed by atoms with Crippen molar-refractivity contribution in [3.8, 4) is 28.3 Å². The summed E-state index contributed by atoms with van der Waals surface area (Å²) in [6.45, 7) is 2.03. The summed E-state index contributed by atoms with van der Waals surface area (Å²) in [6, 6.07) is 14.6. The predicted molar refractivity (Wildman–Crippen MR) is 127 cm³/mol. The number of halogens is 1. The van der Waals surface area contributed by atoms with Gasteiger partial charge < -0.3 is 9.47 Å². The number of rotatable bonds is 5. The zero-order valence-corrected chi connectivity index (χ0v) is 19.0. The quantitative estimate of drug-likeness (QED) is 0.387. The maximum Gasteiger partial charge on any atom is 0.285 e. The summed E-state index contributed by atoms with van der Waals surface area (Å²) in [4.78, 5) is 13.4. The Morgan fingerprint density at radius 2 is 1.79 bits per heavy atom. The molecule has 3 heterocycles. The van der Waals surface area contributed by atoms with Gasteiger partial charge in [-0.05, 0) is 42.3 Å². The second-order valence-electron chi connectivity index (χ2n) is 7.38. The number of benzene rings is 2. The number of methoxy groups -OCH3 is 2. The average molecular weight is 462 g/mol. The smallest absolute Gasteiger partial charge is 0.285 e. The molecule has 5 rings (SSSR count). The van der Waals surface area contributed by atoms with E-state index >= 15 is 0 Å². The predicted octanol–water partition coefficient (Wildman–Crippen LogP) is 4.33. The highest BCUT2D eigenvalue weighted by Gasteiger charge is 2.19. The van der Waals surface area contributed by atoms with Crippen molar-refractivity contribution >= 4 is 28.3 Å². The normalized spacial score (nSPS) is 11.3. The van der Waals surface area contributed by atoms with E-state index in [0.717, 1.165) is 16.8 Å². The summed E-state index contributed by atoms with van der Waals surface area (Å²) >= 11 is 6.06. The third-order valence-electron chi connectivity index (χ3n) is 5.57. The van der Waals surface area contributed by atoms with Crippen LogP contribution in [0.5, 0.6) is 11.5 Å². The third kappa shape index (κ3) is 3.39. The molecule has 0 radical (unpaired) electrons. The first kappa shape index (κ1) is 21.0. The van der Waals surface area contributed by atoms with Crippen molar-refractivity contribution in [3.63, 3.8) is 0 Å². The molecule has 9 heteroatoms. The molecule has 0 atom stereocenters. The number of hydrogen-bond donors (Lipinski definition) is 0. The maximum absolute atomic E-state index is 13.4. The van der Waals surface area contributed by atoms with Gasteiger partial charge in [0.05, 0.1) is 31.2 Å². The highest BCUT2D eigenvalue weighted by atomic mass is 35.5. The van der Waals surface area contributed by atoms with Crippen molar-refractivity contribution in [2.75, 3.05) is 14.2 Å². The first-order valence-corrected chi connectivity index (χ1v) is 10.7. The van der Waals surface area contributed by atoms with Crippen LogP contribution in [0, 0.1) is 0 Å². The van der Waals surface area contributed by atoms with E-state index in [1.807, 2.05) is 31.2 Å². The van der Waals surface area contributed by atoms with Gasteiger partial charge in [0.1, 0.15) is 17.0 Å². The van der Waals surface area contributed by atoms with Crippen molar-refractivity contribution < 1.29 is 9.47 Å². The van der Waals surface area contributed by atoms with E-state index in [-0.39, 0.29) is 11.1 Å². The largest absolute Gasteiger partial charge is 0.497 e. The Morgan fingerprint density at radius 3 is 2.48 bits per heavy atom. The number of aromatic nitrogens is 5. The van der Waals surface area contributed by atoms with Crippen LogP contribution in [0.4, 0.5) is 0 Å². The molecule has 0 N–H and O–H groups in total. The van der Waals surface area contributed by atoms with Gasteiger partial charge in [-0.3, -0.25) is 9.36 Å². The SMILES string of the molecule is CCc1nn2c(nnc3c(=O)n(-c4ccc(OC)cc4OC)ccc32)c1-c1ccc(Cl)cc1.